The Balaban J connectivity index is 2.01. The van der Waals surface area contributed by atoms with Gasteiger partial charge < -0.3 is 24.8 Å². The summed E-state index contributed by atoms with van der Waals surface area (Å²) in [6.45, 7) is 1.74. The highest BCUT2D eigenvalue weighted by Gasteiger charge is 2.11. The summed E-state index contributed by atoms with van der Waals surface area (Å²) >= 11 is 3.40. The van der Waals surface area contributed by atoms with Gasteiger partial charge in [0.05, 0.1) is 17.7 Å². The molecule has 0 fully saturated rings. The van der Waals surface area contributed by atoms with Gasteiger partial charge in [-0.3, -0.25) is 9.59 Å². The first-order valence-electron chi connectivity index (χ1n) is 8.65. The third-order valence-corrected chi connectivity index (χ3v) is 4.33. The van der Waals surface area contributed by atoms with E-state index in [0.717, 1.165) is 0 Å². The van der Waals surface area contributed by atoms with Crippen LogP contribution in [0.25, 0.3) is 0 Å². The molecule has 0 aliphatic rings. The zero-order valence-corrected chi connectivity index (χ0v) is 17.4. The van der Waals surface area contributed by atoms with Crippen molar-refractivity contribution < 1.29 is 23.8 Å². The molecule has 0 saturated heterocycles. The lowest BCUT2D eigenvalue weighted by atomic mass is 10.1. The minimum Gasteiger partial charge on any atom is -0.490 e. The lowest BCUT2D eigenvalue weighted by Crippen LogP contribution is -2.27. The average Bonchev–Trinajstić information content (AvgIpc) is 2.69. The zero-order valence-electron chi connectivity index (χ0n) is 15.8. The summed E-state index contributed by atoms with van der Waals surface area (Å²) in [5.41, 5.74) is 1.44. The van der Waals surface area contributed by atoms with E-state index in [1.807, 2.05) is 0 Å². The molecule has 0 aliphatic carbocycles. The SMILES string of the molecule is COCCNC(=O)c1cccc(NC(=O)c2ccc(OCCOC)c(Br)c2)c1. The van der Waals surface area contributed by atoms with Crippen molar-refractivity contribution in [3.05, 3.63) is 58.1 Å². The average molecular weight is 451 g/mol. The van der Waals surface area contributed by atoms with E-state index < -0.39 is 0 Å². The van der Waals surface area contributed by atoms with Gasteiger partial charge in [0.15, 0.2) is 0 Å². The van der Waals surface area contributed by atoms with Crippen molar-refractivity contribution in [3.8, 4) is 5.75 Å². The largest absolute Gasteiger partial charge is 0.490 e. The van der Waals surface area contributed by atoms with Crippen LogP contribution in [0.3, 0.4) is 0 Å². The molecule has 0 aromatic heterocycles. The van der Waals surface area contributed by atoms with E-state index in [2.05, 4.69) is 26.6 Å². The van der Waals surface area contributed by atoms with Gasteiger partial charge in [-0.2, -0.15) is 0 Å². The minimum absolute atomic E-state index is 0.228. The van der Waals surface area contributed by atoms with Crippen molar-refractivity contribution in [1.29, 1.82) is 0 Å². The summed E-state index contributed by atoms with van der Waals surface area (Å²) < 4.78 is 16.1. The van der Waals surface area contributed by atoms with E-state index in [1.165, 1.54) is 0 Å². The molecular formula is C20H23BrN2O5. The van der Waals surface area contributed by atoms with Gasteiger partial charge in [0.1, 0.15) is 12.4 Å². The number of carbonyl (C=O) groups is 2. The number of halogens is 1. The maximum absolute atomic E-state index is 12.5. The fourth-order valence-corrected chi connectivity index (χ4v) is 2.80. The van der Waals surface area contributed by atoms with Crippen LogP contribution >= 0.6 is 15.9 Å². The molecule has 2 amide bonds. The molecule has 0 heterocycles. The van der Waals surface area contributed by atoms with Crippen molar-refractivity contribution in [3.63, 3.8) is 0 Å². The zero-order chi connectivity index (χ0) is 20.4. The smallest absolute Gasteiger partial charge is 0.255 e. The van der Waals surface area contributed by atoms with Gasteiger partial charge in [-0.15, -0.1) is 0 Å². The lowest BCUT2D eigenvalue weighted by molar-refractivity contribution is 0.0936. The van der Waals surface area contributed by atoms with Crippen LogP contribution in [0, 0.1) is 0 Å². The Labute approximate surface area is 172 Å². The van der Waals surface area contributed by atoms with E-state index in [4.69, 9.17) is 14.2 Å². The van der Waals surface area contributed by atoms with Gasteiger partial charge >= 0.3 is 0 Å². The maximum Gasteiger partial charge on any atom is 0.255 e. The second kappa shape index (κ2) is 11.4. The molecule has 2 rings (SSSR count). The predicted octanol–water partition coefficient (Wildman–Crippen LogP) is 3.10. The van der Waals surface area contributed by atoms with Crippen LogP contribution in [0.15, 0.2) is 46.9 Å². The van der Waals surface area contributed by atoms with Crippen LogP contribution in [-0.2, 0) is 9.47 Å². The molecule has 0 unspecified atom stereocenters. The summed E-state index contributed by atoms with van der Waals surface area (Å²) in [6, 6.07) is 11.8. The number of methoxy groups -OCH3 is 2. The molecule has 0 bridgehead atoms. The van der Waals surface area contributed by atoms with Crippen molar-refractivity contribution >= 4 is 33.4 Å². The highest BCUT2D eigenvalue weighted by Crippen LogP contribution is 2.26. The summed E-state index contributed by atoms with van der Waals surface area (Å²) in [4.78, 5) is 24.6. The molecule has 28 heavy (non-hydrogen) atoms. The molecule has 2 N–H and O–H groups in total. The summed E-state index contributed by atoms with van der Waals surface area (Å²) in [5, 5.41) is 5.54. The van der Waals surface area contributed by atoms with E-state index in [0.29, 0.717) is 53.4 Å². The molecule has 0 spiro atoms. The molecule has 0 atom stereocenters. The predicted molar refractivity (Wildman–Crippen MR) is 110 cm³/mol. The Morgan fingerprint density at radius 3 is 2.39 bits per heavy atom. The molecule has 0 radical (unpaired) electrons. The van der Waals surface area contributed by atoms with Crippen LogP contribution in [-0.4, -0.2) is 52.4 Å². The summed E-state index contributed by atoms with van der Waals surface area (Å²) in [6.07, 6.45) is 0. The first kappa shape index (κ1) is 21.9. The van der Waals surface area contributed by atoms with Crippen molar-refractivity contribution in [2.45, 2.75) is 0 Å². The Bertz CT molecular complexity index is 813. The normalized spacial score (nSPS) is 10.4. The van der Waals surface area contributed by atoms with Crippen LogP contribution in [0.2, 0.25) is 0 Å². The second-order valence-corrected chi connectivity index (χ2v) is 6.62. The first-order valence-corrected chi connectivity index (χ1v) is 9.44. The fraction of sp³-hybridized carbons (Fsp3) is 0.300. The number of hydrogen-bond acceptors (Lipinski definition) is 5. The lowest BCUT2D eigenvalue weighted by Gasteiger charge is -2.11. The first-order chi connectivity index (χ1) is 13.5. The molecular weight excluding hydrogens is 428 g/mol. The quantitative estimate of drug-likeness (QED) is 0.543. The summed E-state index contributed by atoms with van der Waals surface area (Å²) in [7, 11) is 3.17. The highest BCUT2D eigenvalue weighted by atomic mass is 79.9. The Morgan fingerprint density at radius 2 is 1.68 bits per heavy atom. The van der Waals surface area contributed by atoms with Gasteiger partial charge in [0.25, 0.3) is 11.8 Å². The Morgan fingerprint density at radius 1 is 0.929 bits per heavy atom. The third-order valence-electron chi connectivity index (χ3n) is 3.71. The van der Waals surface area contributed by atoms with Crippen molar-refractivity contribution in [2.75, 3.05) is 45.9 Å². The van der Waals surface area contributed by atoms with Crippen LogP contribution in [0.4, 0.5) is 5.69 Å². The van der Waals surface area contributed by atoms with Gasteiger partial charge in [-0.1, -0.05) is 6.07 Å². The van der Waals surface area contributed by atoms with E-state index in [9.17, 15) is 9.59 Å². The molecule has 2 aromatic carbocycles. The van der Waals surface area contributed by atoms with Crippen LogP contribution < -0.4 is 15.4 Å². The Kier molecular flexibility index (Phi) is 8.93. The number of benzene rings is 2. The number of nitrogens with one attached hydrogen (secondary N) is 2. The number of hydrogen-bond donors (Lipinski definition) is 2. The molecule has 8 heteroatoms. The number of amides is 2. The van der Waals surface area contributed by atoms with E-state index in [1.54, 1.807) is 56.7 Å². The minimum atomic E-state index is -0.291. The van der Waals surface area contributed by atoms with Crippen molar-refractivity contribution in [1.82, 2.24) is 5.32 Å². The molecule has 150 valence electrons. The van der Waals surface area contributed by atoms with Gasteiger partial charge in [0.2, 0.25) is 0 Å². The second-order valence-electron chi connectivity index (χ2n) is 5.77. The standard InChI is InChI=1S/C20H23BrN2O5/c1-26-9-8-22-19(24)14-4-3-5-16(12-14)23-20(25)15-6-7-18(17(21)13-15)28-11-10-27-2/h3-7,12-13H,8-11H2,1-2H3,(H,22,24)(H,23,25). The highest BCUT2D eigenvalue weighted by molar-refractivity contribution is 9.10. The number of carbonyl (C=O) groups excluding carboxylic acids is 2. The van der Waals surface area contributed by atoms with Gasteiger partial charge in [0, 0.05) is 37.6 Å². The van der Waals surface area contributed by atoms with Crippen molar-refractivity contribution in [2.24, 2.45) is 0 Å². The summed E-state index contributed by atoms with van der Waals surface area (Å²) in [5.74, 6) is 0.109. The number of anilines is 1. The van der Waals surface area contributed by atoms with Gasteiger partial charge in [-0.05, 0) is 52.3 Å². The van der Waals surface area contributed by atoms with Gasteiger partial charge in [-0.25, -0.2) is 0 Å². The van der Waals surface area contributed by atoms with Crippen LogP contribution in [0.5, 0.6) is 5.75 Å². The molecule has 0 aliphatic heterocycles. The number of rotatable bonds is 10. The third kappa shape index (κ3) is 6.63. The maximum atomic E-state index is 12.5. The fourth-order valence-electron chi connectivity index (χ4n) is 2.30. The molecule has 7 nitrogen and oxygen atoms in total. The molecule has 2 aromatic rings. The monoisotopic (exact) mass is 450 g/mol. The Hall–Kier alpha value is -2.42. The van der Waals surface area contributed by atoms with E-state index in [-0.39, 0.29) is 11.8 Å². The number of ether oxygens (including phenoxy) is 3. The van der Waals surface area contributed by atoms with Crippen LogP contribution in [0.1, 0.15) is 20.7 Å². The molecule has 0 saturated carbocycles. The van der Waals surface area contributed by atoms with E-state index >= 15 is 0 Å². The topological polar surface area (TPSA) is 85.9 Å².